The van der Waals surface area contributed by atoms with Gasteiger partial charge in [0.1, 0.15) is 17.6 Å². The van der Waals surface area contributed by atoms with Crippen molar-refractivity contribution < 1.29 is 33.3 Å². The molecule has 1 saturated heterocycles. The molecule has 174 valence electrons. The SMILES string of the molecule is COCOc1cc(OC)cc2c1C(=O)NC(C)C/C=C\C(=O)C1OC(C)(C)O[C@H]1CC=C2. The third-order valence-corrected chi connectivity index (χ3v) is 5.18. The lowest BCUT2D eigenvalue weighted by Crippen LogP contribution is -2.33. The number of amides is 1. The van der Waals surface area contributed by atoms with E-state index in [0.717, 1.165) is 0 Å². The van der Waals surface area contributed by atoms with Gasteiger partial charge in [-0.3, -0.25) is 9.59 Å². The van der Waals surface area contributed by atoms with Crippen LogP contribution in [0.25, 0.3) is 6.08 Å². The second-order valence-electron chi connectivity index (χ2n) is 8.29. The minimum atomic E-state index is -0.853. The Morgan fingerprint density at radius 3 is 2.56 bits per heavy atom. The molecule has 8 heteroatoms. The summed E-state index contributed by atoms with van der Waals surface area (Å²) in [6.07, 6.45) is 6.70. The monoisotopic (exact) mass is 445 g/mol. The van der Waals surface area contributed by atoms with Crippen molar-refractivity contribution in [1.29, 1.82) is 0 Å². The summed E-state index contributed by atoms with van der Waals surface area (Å²) in [6, 6.07) is 3.21. The van der Waals surface area contributed by atoms with Gasteiger partial charge in [-0.05, 0) is 51.3 Å². The van der Waals surface area contributed by atoms with Crippen molar-refractivity contribution in [1.82, 2.24) is 5.32 Å². The molecular formula is C24H31NO7. The van der Waals surface area contributed by atoms with Gasteiger partial charge in [-0.1, -0.05) is 18.2 Å². The fourth-order valence-electron chi connectivity index (χ4n) is 3.76. The van der Waals surface area contributed by atoms with Gasteiger partial charge in [0.05, 0.1) is 18.8 Å². The highest BCUT2D eigenvalue weighted by atomic mass is 16.8. The lowest BCUT2D eigenvalue weighted by Gasteiger charge is -2.18. The van der Waals surface area contributed by atoms with Crippen molar-refractivity contribution in [2.45, 2.75) is 57.6 Å². The van der Waals surface area contributed by atoms with E-state index in [2.05, 4.69) is 5.32 Å². The molecule has 0 bridgehead atoms. The van der Waals surface area contributed by atoms with E-state index in [1.54, 1.807) is 45.2 Å². The van der Waals surface area contributed by atoms with Crippen LogP contribution in [0.15, 0.2) is 30.4 Å². The number of hydrogen-bond donors (Lipinski definition) is 1. The molecule has 1 amide bonds. The fraction of sp³-hybridized carbons (Fsp3) is 0.500. The standard InChI is InChI=1S/C24H31NO7/c1-15-8-6-10-18(26)22-19(31-24(2,3)32-22)11-7-9-16-12-17(29-5)13-20(30-14-28-4)21(16)23(27)25-15/h6-7,9-10,12-13,15,19,22H,8,11,14H2,1-5H3,(H,25,27)/b9-7?,10-6-/t15?,19-,22?/m0/s1. The van der Waals surface area contributed by atoms with Gasteiger partial charge in [-0.15, -0.1) is 0 Å². The fourth-order valence-corrected chi connectivity index (χ4v) is 3.76. The average Bonchev–Trinajstić information content (AvgIpc) is 3.05. The molecule has 2 heterocycles. The van der Waals surface area contributed by atoms with Crippen LogP contribution in [0.2, 0.25) is 0 Å². The van der Waals surface area contributed by atoms with Gasteiger partial charge >= 0.3 is 0 Å². The third-order valence-electron chi connectivity index (χ3n) is 5.18. The maximum atomic E-state index is 13.2. The van der Waals surface area contributed by atoms with E-state index in [0.29, 0.717) is 35.5 Å². The van der Waals surface area contributed by atoms with Crippen LogP contribution in [0, 0.1) is 0 Å². The molecule has 1 aromatic rings. The molecule has 1 N–H and O–H groups in total. The summed E-state index contributed by atoms with van der Waals surface area (Å²) in [4.78, 5) is 25.9. The normalized spacial score (nSPS) is 26.5. The Morgan fingerprint density at radius 1 is 1.09 bits per heavy atom. The second-order valence-corrected chi connectivity index (χ2v) is 8.29. The first-order valence-corrected chi connectivity index (χ1v) is 10.6. The van der Waals surface area contributed by atoms with E-state index in [-0.39, 0.29) is 24.5 Å². The molecule has 2 unspecified atom stereocenters. The molecule has 1 fully saturated rings. The van der Waals surface area contributed by atoms with Crippen LogP contribution in [-0.2, 0) is 19.0 Å². The minimum absolute atomic E-state index is 0.0129. The molecule has 3 rings (SSSR count). The molecule has 1 aromatic carbocycles. The topological polar surface area (TPSA) is 92.3 Å². The molecular weight excluding hydrogens is 414 g/mol. The van der Waals surface area contributed by atoms with E-state index < -0.39 is 18.0 Å². The molecule has 0 saturated carbocycles. The lowest BCUT2D eigenvalue weighted by molar-refractivity contribution is -0.152. The van der Waals surface area contributed by atoms with Gasteiger partial charge in [-0.2, -0.15) is 0 Å². The molecule has 0 spiro atoms. The van der Waals surface area contributed by atoms with Crippen molar-refractivity contribution in [2.75, 3.05) is 21.0 Å². The van der Waals surface area contributed by atoms with Gasteiger partial charge in [0.25, 0.3) is 5.91 Å². The predicted molar refractivity (Wildman–Crippen MR) is 119 cm³/mol. The van der Waals surface area contributed by atoms with Gasteiger partial charge in [0.15, 0.2) is 18.4 Å². The number of nitrogens with one attached hydrogen (secondary N) is 1. The Labute approximate surface area is 188 Å². The quantitative estimate of drug-likeness (QED) is 0.711. The Kier molecular flexibility index (Phi) is 7.71. The molecule has 0 radical (unpaired) electrons. The number of carbonyl (C=O) groups excluding carboxylic acids is 2. The first-order chi connectivity index (χ1) is 15.2. The Balaban J connectivity index is 2.03. The summed E-state index contributed by atoms with van der Waals surface area (Å²) in [7, 11) is 3.06. The van der Waals surface area contributed by atoms with Crippen LogP contribution in [0.1, 0.15) is 49.5 Å². The van der Waals surface area contributed by atoms with E-state index in [1.165, 1.54) is 13.2 Å². The highest BCUT2D eigenvalue weighted by Crippen LogP contribution is 2.33. The van der Waals surface area contributed by atoms with E-state index >= 15 is 0 Å². The lowest BCUT2D eigenvalue weighted by atomic mass is 10.0. The summed E-state index contributed by atoms with van der Waals surface area (Å²) >= 11 is 0. The highest BCUT2D eigenvalue weighted by molar-refractivity contribution is 6.01. The number of benzene rings is 1. The van der Waals surface area contributed by atoms with Gasteiger partial charge in [-0.25, -0.2) is 0 Å². The molecule has 2 aliphatic rings. The average molecular weight is 446 g/mol. The van der Waals surface area contributed by atoms with Gasteiger partial charge in [0.2, 0.25) is 0 Å². The number of methoxy groups -OCH3 is 2. The van der Waals surface area contributed by atoms with Crippen LogP contribution in [0.5, 0.6) is 11.5 Å². The molecule has 2 aliphatic heterocycles. The first kappa shape index (κ1) is 24.0. The summed E-state index contributed by atoms with van der Waals surface area (Å²) in [5.74, 6) is -0.399. The second kappa shape index (κ2) is 10.3. The molecule has 32 heavy (non-hydrogen) atoms. The maximum absolute atomic E-state index is 13.2. The first-order valence-electron chi connectivity index (χ1n) is 10.6. The van der Waals surface area contributed by atoms with Gasteiger partial charge in [0, 0.05) is 19.2 Å². The predicted octanol–water partition coefficient (Wildman–Crippen LogP) is 3.25. The van der Waals surface area contributed by atoms with E-state index in [4.69, 9.17) is 23.7 Å². The number of ether oxygens (including phenoxy) is 5. The molecule has 0 aromatic heterocycles. The Bertz CT molecular complexity index is 906. The number of hydrogen-bond acceptors (Lipinski definition) is 7. The van der Waals surface area contributed by atoms with Crippen LogP contribution in [0.3, 0.4) is 0 Å². The van der Waals surface area contributed by atoms with Crippen LogP contribution in [0.4, 0.5) is 0 Å². The molecule has 0 aliphatic carbocycles. The van der Waals surface area contributed by atoms with E-state index in [9.17, 15) is 9.59 Å². The van der Waals surface area contributed by atoms with Crippen molar-refractivity contribution in [3.63, 3.8) is 0 Å². The number of ketones is 1. The summed E-state index contributed by atoms with van der Waals surface area (Å²) in [5, 5.41) is 2.97. The third kappa shape index (κ3) is 5.76. The van der Waals surface area contributed by atoms with Crippen molar-refractivity contribution in [3.8, 4) is 11.5 Å². The Morgan fingerprint density at radius 2 is 1.84 bits per heavy atom. The largest absolute Gasteiger partial charge is 0.497 e. The maximum Gasteiger partial charge on any atom is 0.255 e. The zero-order valence-corrected chi connectivity index (χ0v) is 19.2. The zero-order chi connectivity index (χ0) is 23.3. The molecule has 3 atom stereocenters. The number of carbonyl (C=O) groups is 2. The minimum Gasteiger partial charge on any atom is -0.497 e. The summed E-state index contributed by atoms with van der Waals surface area (Å²) < 4.78 is 27.9. The zero-order valence-electron chi connectivity index (χ0n) is 19.2. The van der Waals surface area contributed by atoms with Crippen LogP contribution < -0.4 is 14.8 Å². The van der Waals surface area contributed by atoms with E-state index in [1.807, 2.05) is 13.0 Å². The number of fused-ring (bicyclic) bond motifs is 2. The van der Waals surface area contributed by atoms with Crippen LogP contribution >= 0.6 is 0 Å². The van der Waals surface area contributed by atoms with Crippen molar-refractivity contribution >= 4 is 17.8 Å². The summed E-state index contributed by atoms with van der Waals surface area (Å²) in [5.41, 5.74) is 0.998. The van der Waals surface area contributed by atoms with Crippen LogP contribution in [-0.4, -0.2) is 56.7 Å². The summed E-state index contributed by atoms with van der Waals surface area (Å²) in [6.45, 7) is 5.44. The van der Waals surface area contributed by atoms with Gasteiger partial charge < -0.3 is 29.0 Å². The highest BCUT2D eigenvalue weighted by Gasteiger charge is 2.43. The van der Waals surface area contributed by atoms with Crippen molar-refractivity contribution in [2.24, 2.45) is 0 Å². The molecule has 8 nitrogen and oxygen atoms in total. The smallest absolute Gasteiger partial charge is 0.255 e. The van der Waals surface area contributed by atoms with Crippen molar-refractivity contribution in [3.05, 3.63) is 41.5 Å². The Hall–Kier alpha value is -2.68. The number of rotatable bonds is 4.